The second-order valence-electron chi connectivity index (χ2n) is 8.62. The number of nitrogens with zero attached hydrogens (tertiary/aromatic N) is 4. The zero-order chi connectivity index (χ0) is 24.2. The molecule has 0 amide bonds. The zero-order valence-corrected chi connectivity index (χ0v) is 19.5. The Labute approximate surface area is 206 Å². The van der Waals surface area contributed by atoms with Gasteiger partial charge in [0.05, 0.1) is 23.7 Å². The molecule has 1 aliphatic rings. The molecule has 1 unspecified atom stereocenters. The van der Waals surface area contributed by atoms with Gasteiger partial charge in [0.1, 0.15) is 24.1 Å². The van der Waals surface area contributed by atoms with Gasteiger partial charge in [-0.2, -0.15) is 5.26 Å². The molecule has 1 atom stereocenters. The van der Waals surface area contributed by atoms with Crippen molar-refractivity contribution in [3.63, 3.8) is 0 Å². The van der Waals surface area contributed by atoms with Gasteiger partial charge < -0.3 is 14.4 Å². The van der Waals surface area contributed by atoms with Crippen molar-refractivity contribution in [1.29, 1.82) is 5.26 Å². The van der Waals surface area contributed by atoms with Gasteiger partial charge in [0, 0.05) is 23.0 Å². The number of halogens is 1. The first-order valence-corrected chi connectivity index (χ1v) is 11.4. The largest absolute Gasteiger partial charge is 0.489 e. The molecule has 0 radical (unpaired) electrons. The van der Waals surface area contributed by atoms with E-state index in [1.54, 1.807) is 29.2 Å². The lowest BCUT2D eigenvalue weighted by Gasteiger charge is -2.30. The first-order chi connectivity index (χ1) is 17.0. The molecule has 35 heavy (non-hydrogen) atoms. The van der Waals surface area contributed by atoms with E-state index in [-0.39, 0.29) is 6.61 Å². The minimum absolute atomic E-state index is 0.227. The van der Waals surface area contributed by atoms with Crippen molar-refractivity contribution in [3.05, 3.63) is 112 Å². The summed E-state index contributed by atoms with van der Waals surface area (Å²) in [5.41, 5.74) is 3.79. The van der Waals surface area contributed by atoms with Gasteiger partial charge in [-0.15, -0.1) is 0 Å². The smallest absolute Gasteiger partial charge is 0.156 e. The molecule has 3 heterocycles. The molecule has 6 nitrogen and oxygen atoms in total. The molecule has 0 saturated heterocycles. The first kappa shape index (κ1) is 21.4. The molecule has 6 rings (SSSR count). The third-order valence-corrected chi connectivity index (χ3v) is 6.90. The minimum atomic E-state index is -1.53. The number of aromatic nitrogens is 3. The van der Waals surface area contributed by atoms with Crippen LogP contribution in [-0.4, -0.2) is 19.6 Å². The maximum absolute atomic E-state index is 12.4. The second-order valence-corrected chi connectivity index (χ2v) is 9.03. The number of pyridine rings is 1. The van der Waals surface area contributed by atoms with Gasteiger partial charge in [0.2, 0.25) is 0 Å². The molecule has 170 valence electrons. The number of aliphatic hydroxyl groups is 1. The first-order valence-electron chi connectivity index (χ1n) is 11.0. The molecule has 2 aromatic heterocycles. The fourth-order valence-electron chi connectivity index (χ4n) is 4.74. The van der Waals surface area contributed by atoms with Crippen LogP contribution in [0, 0.1) is 11.3 Å². The Balaban J connectivity index is 1.74. The third kappa shape index (κ3) is 3.36. The Kier molecular flexibility index (Phi) is 4.85. The minimum Gasteiger partial charge on any atom is -0.489 e. The summed E-state index contributed by atoms with van der Waals surface area (Å²) in [4.78, 5) is 8.78. The monoisotopic (exact) mass is 478 g/mol. The van der Waals surface area contributed by atoms with Crippen molar-refractivity contribution >= 4 is 22.5 Å². The highest BCUT2D eigenvalue weighted by atomic mass is 35.5. The van der Waals surface area contributed by atoms with E-state index in [9.17, 15) is 10.4 Å². The highest BCUT2D eigenvalue weighted by Gasteiger charge is 2.37. The molecular weight excluding hydrogens is 460 g/mol. The van der Waals surface area contributed by atoms with Gasteiger partial charge in [-0.3, -0.25) is 0 Å². The zero-order valence-electron chi connectivity index (χ0n) is 18.7. The van der Waals surface area contributed by atoms with Crippen molar-refractivity contribution < 1.29 is 9.84 Å². The highest BCUT2D eigenvalue weighted by Crippen LogP contribution is 2.41. The Bertz CT molecular complexity index is 1670. The molecule has 7 heteroatoms. The molecule has 1 aliphatic heterocycles. The predicted molar refractivity (Wildman–Crippen MR) is 133 cm³/mol. The summed E-state index contributed by atoms with van der Waals surface area (Å²) in [6, 6.07) is 22.7. The maximum Gasteiger partial charge on any atom is 0.156 e. The van der Waals surface area contributed by atoms with Gasteiger partial charge in [-0.1, -0.05) is 35.9 Å². The number of benzene rings is 3. The van der Waals surface area contributed by atoms with Crippen LogP contribution in [0.3, 0.4) is 0 Å². The van der Waals surface area contributed by atoms with E-state index in [1.807, 2.05) is 61.6 Å². The lowest BCUT2D eigenvalue weighted by molar-refractivity contribution is 0.117. The van der Waals surface area contributed by atoms with E-state index in [1.165, 1.54) is 0 Å². The van der Waals surface area contributed by atoms with Crippen molar-refractivity contribution in [2.75, 3.05) is 0 Å². The Morgan fingerprint density at radius 1 is 1.09 bits per heavy atom. The van der Waals surface area contributed by atoms with Gasteiger partial charge in [0.15, 0.2) is 5.60 Å². The SMILES string of the molecule is Cn1cncc1C1(O)c2ccc(Cl)c(c2)COc2cccc(c2)-c2cc(C#N)nc3ccc1cc23. The van der Waals surface area contributed by atoms with Crippen molar-refractivity contribution in [1.82, 2.24) is 14.5 Å². The number of aryl methyl sites for hydroxylation is 1. The number of imidazole rings is 1. The quantitative estimate of drug-likeness (QED) is 0.351. The van der Waals surface area contributed by atoms with E-state index in [0.29, 0.717) is 38.8 Å². The summed E-state index contributed by atoms with van der Waals surface area (Å²) >= 11 is 6.53. The fraction of sp³-hybridized carbons (Fsp3) is 0.107. The van der Waals surface area contributed by atoms with Crippen LogP contribution < -0.4 is 4.74 Å². The highest BCUT2D eigenvalue weighted by molar-refractivity contribution is 6.31. The summed E-state index contributed by atoms with van der Waals surface area (Å²) in [7, 11) is 1.85. The van der Waals surface area contributed by atoms with E-state index >= 15 is 0 Å². The summed E-state index contributed by atoms with van der Waals surface area (Å²) in [6.07, 6.45) is 3.32. The van der Waals surface area contributed by atoms with Crippen LogP contribution in [-0.2, 0) is 19.3 Å². The van der Waals surface area contributed by atoms with Crippen molar-refractivity contribution in [2.45, 2.75) is 12.2 Å². The maximum atomic E-state index is 12.4. The number of rotatable bonds is 1. The van der Waals surface area contributed by atoms with Gasteiger partial charge >= 0.3 is 0 Å². The van der Waals surface area contributed by atoms with Crippen LogP contribution in [0.5, 0.6) is 5.75 Å². The normalized spacial score (nSPS) is 16.6. The molecular formula is C28H19ClN4O2. The molecule has 5 aromatic rings. The summed E-state index contributed by atoms with van der Waals surface area (Å²) in [5.74, 6) is 0.671. The Morgan fingerprint density at radius 3 is 2.71 bits per heavy atom. The van der Waals surface area contributed by atoms with Crippen LogP contribution in [0.2, 0.25) is 5.02 Å². The summed E-state index contributed by atoms with van der Waals surface area (Å²) < 4.78 is 7.91. The number of fused-ring (bicyclic) bond motifs is 6. The van der Waals surface area contributed by atoms with Gasteiger partial charge in [-0.05, 0) is 64.7 Å². The molecule has 6 bridgehead atoms. The van der Waals surface area contributed by atoms with Crippen molar-refractivity contribution in [2.24, 2.45) is 7.05 Å². The lowest BCUT2D eigenvalue weighted by Crippen LogP contribution is -2.31. The van der Waals surface area contributed by atoms with Crippen molar-refractivity contribution in [3.8, 4) is 22.9 Å². The standard InChI is InChI=1S/C28H19ClN4O2/c1-33-16-31-14-27(33)28(34)19-5-7-25(29)18(9-19)15-35-22-4-2-3-17(10-22)23-12-21(13-30)32-26-8-6-20(28)11-24(23)26/h2-12,14,16,34H,15H2,1H3. The molecule has 0 spiro atoms. The average molecular weight is 479 g/mol. The molecule has 3 aromatic carbocycles. The van der Waals surface area contributed by atoms with Crippen LogP contribution >= 0.6 is 11.6 Å². The number of hydrogen-bond acceptors (Lipinski definition) is 5. The van der Waals surface area contributed by atoms with Crippen LogP contribution in [0.1, 0.15) is 28.1 Å². The molecule has 0 aliphatic carbocycles. The fourth-order valence-corrected chi connectivity index (χ4v) is 4.91. The van der Waals surface area contributed by atoms with E-state index in [4.69, 9.17) is 16.3 Å². The van der Waals surface area contributed by atoms with Gasteiger partial charge in [0.25, 0.3) is 0 Å². The molecule has 1 N–H and O–H groups in total. The topological polar surface area (TPSA) is 84.0 Å². The lowest BCUT2D eigenvalue weighted by atomic mass is 9.82. The van der Waals surface area contributed by atoms with Crippen LogP contribution in [0.25, 0.3) is 22.0 Å². The number of nitriles is 1. The van der Waals surface area contributed by atoms with Gasteiger partial charge in [-0.25, -0.2) is 9.97 Å². The predicted octanol–water partition coefficient (Wildman–Crippen LogP) is 5.34. The second kappa shape index (κ2) is 7.95. The van der Waals surface area contributed by atoms with E-state index in [0.717, 1.165) is 22.1 Å². The third-order valence-electron chi connectivity index (χ3n) is 6.53. The Morgan fingerprint density at radius 2 is 1.91 bits per heavy atom. The van der Waals surface area contributed by atoms with E-state index in [2.05, 4.69) is 16.0 Å². The Hall–Kier alpha value is -4.18. The summed E-state index contributed by atoms with van der Waals surface area (Å²) in [6.45, 7) is 0.227. The average Bonchev–Trinajstić information content (AvgIpc) is 3.32. The summed E-state index contributed by atoms with van der Waals surface area (Å²) in [5, 5.41) is 23.4. The number of hydrogen-bond donors (Lipinski definition) is 1. The molecule has 0 saturated carbocycles. The van der Waals surface area contributed by atoms with Crippen LogP contribution in [0.15, 0.2) is 79.3 Å². The van der Waals surface area contributed by atoms with Crippen LogP contribution in [0.4, 0.5) is 0 Å². The number of ether oxygens (including phenoxy) is 1. The molecule has 0 fully saturated rings. The van der Waals surface area contributed by atoms with E-state index < -0.39 is 5.60 Å².